The standard InChI is InChI=1S/C13H24N5.3ClH/c1-18(6-3-2-4-7-18)8-5-16-13-12(15)9-11(14)10-17-13;;;/h9-10H,2-8,14-15H2,1H3,(H,16,17);3*1H/q+1;;;/p-1. The molecule has 2 heterocycles. The largest absolute Gasteiger partial charge is 1.00 e. The zero-order valence-corrected chi connectivity index (χ0v) is 14.7. The van der Waals surface area contributed by atoms with Gasteiger partial charge in [0, 0.05) is 0 Å². The Morgan fingerprint density at radius 3 is 2.38 bits per heavy atom. The Morgan fingerprint density at radius 2 is 1.81 bits per heavy atom. The van der Waals surface area contributed by atoms with Crippen molar-refractivity contribution in [2.45, 2.75) is 19.3 Å². The molecule has 124 valence electrons. The van der Waals surface area contributed by atoms with Gasteiger partial charge < -0.3 is 33.7 Å². The summed E-state index contributed by atoms with van der Waals surface area (Å²) in [7, 11) is 2.33. The highest BCUT2D eigenvalue weighted by molar-refractivity contribution is 5.85. The third-order valence-electron chi connectivity index (χ3n) is 3.78. The summed E-state index contributed by atoms with van der Waals surface area (Å²) in [6, 6.07) is 1.74. The minimum atomic E-state index is 0. The van der Waals surface area contributed by atoms with Gasteiger partial charge in [-0.15, -0.1) is 24.8 Å². The van der Waals surface area contributed by atoms with Crippen LogP contribution < -0.4 is 29.2 Å². The quantitative estimate of drug-likeness (QED) is 0.612. The summed E-state index contributed by atoms with van der Waals surface area (Å²) in [6.07, 6.45) is 5.71. The van der Waals surface area contributed by atoms with E-state index in [1.54, 1.807) is 12.3 Å². The van der Waals surface area contributed by atoms with Crippen molar-refractivity contribution in [3.8, 4) is 0 Å². The van der Waals surface area contributed by atoms with Crippen molar-refractivity contribution in [2.24, 2.45) is 0 Å². The molecule has 21 heavy (non-hydrogen) atoms. The fraction of sp³-hybridized carbons (Fsp3) is 0.615. The summed E-state index contributed by atoms with van der Waals surface area (Å²) < 4.78 is 1.15. The zero-order valence-electron chi connectivity index (χ0n) is 12.3. The number of pyridine rings is 1. The lowest BCUT2D eigenvalue weighted by Gasteiger charge is -2.37. The van der Waals surface area contributed by atoms with Crippen LogP contribution in [-0.2, 0) is 0 Å². The highest BCUT2D eigenvalue weighted by Crippen LogP contribution is 2.18. The van der Waals surface area contributed by atoms with E-state index in [1.165, 1.54) is 32.4 Å². The lowest BCUT2D eigenvalue weighted by atomic mass is 10.1. The number of hydrogen-bond acceptors (Lipinski definition) is 4. The third kappa shape index (κ3) is 6.78. The number of rotatable bonds is 4. The van der Waals surface area contributed by atoms with Gasteiger partial charge in [-0.3, -0.25) is 0 Å². The van der Waals surface area contributed by atoms with Crippen molar-refractivity contribution < 1.29 is 16.9 Å². The molecule has 1 aliphatic heterocycles. The van der Waals surface area contributed by atoms with Crippen LogP contribution in [-0.4, -0.2) is 42.7 Å². The molecule has 0 saturated carbocycles. The molecule has 5 N–H and O–H groups in total. The molecule has 0 aliphatic carbocycles. The predicted octanol–water partition coefficient (Wildman–Crippen LogP) is -0.864. The van der Waals surface area contributed by atoms with E-state index in [9.17, 15) is 0 Å². The summed E-state index contributed by atoms with van der Waals surface area (Å²) in [6.45, 7) is 4.59. The SMILES string of the molecule is C[N+]1(CCNc2ncc(N)cc2N)CCCCC1.Cl.Cl.[Cl-]. The molecular formula is C13H26Cl3N5. The highest BCUT2D eigenvalue weighted by atomic mass is 35.5. The average molecular weight is 359 g/mol. The van der Waals surface area contributed by atoms with Gasteiger partial charge in [0.05, 0.1) is 50.8 Å². The number of halogens is 3. The second kappa shape index (κ2) is 10.2. The molecule has 5 nitrogen and oxygen atoms in total. The van der Waals surface area contributed by atoms with Crippen molar-refractivity contribution in [1.29, 1.82) is 0 Å². The Labute approximate surface area is 145 Å². The van der Waals surface area contributed by atoms with Gasteiger partial charge in [0.1, 0.15) is 5.82 Å². The van der Waals surface area contributed by atoms with Crippen molar-refractivity contribution in [1.82, 2.24) is 4.98 Å². The van der Waals surface area contributed by atoms with Gasteiger partial charge in [-0.25, -0.2) is 4.98 Å². The van der Waals surface area contributed by atoms with Crippen LogP contribution in [0.3, 0.4) is 0 Å². The number of likely N-dealkylation sites (tertiary alicyclic amines) is 1. The van der Waals surface area contributed by atoms with Crippen molar-refractivity contribution >= 4 is 42.0 Å². The third-order valence-corrected chi connectivity index (χ3v) is 3.78. The predicted molar refractivity (Wildman–Crippen MR) is 90.7 cm³/mol. The molecule has 0 unspecified atom stereocenters. The van der Waals surface area contributed by atoms with E-state index in [4.69, 9.17) is 11.5 Å². The normalized spacial score (nSPS) is 15.9. The highest BCUT2D eigenvalue weighted by Gasteiger charge is 2.23. The van der Waals surface area contributed by atoms with Crippen molar-refractivity contribution in [2.75, 3.05) is 50.0 Å². The first kappa shape index (κ1) is 22.7. The molecule has 0 radical (unpaired) electrons. The maximum atomic E-state index is 5.86. The van der Waals surface area contributed by atoms with Crippen LogP contribution in [0, 0.1) is 0 Å². The smallest absolute Gasteiger partial charge is 0.149 e. The van der Waals surface area contributed by atoms with Crippen LogP contribution in [0.5, 0.6) is 0 Å². The average Bonchev–Trinajstić information content (AvgIpc) is 2.33. The first-order chi connectivity index (χ1) is 8.59. The number of nitrogens with one attached hydrogen (secondary N) is 1. The van der Waals surface area contributed by atoms with Crippen LogP contribution in [0.2, 0.25) is 0 Å². The maximum Gasteiger partial charge on any atom is 0.149 e. The number of anilines is 3. The molecule has 2 rings (SSSR count). The minimum absolute atomic E-state index is 0. The molecule has 0 bridgehead atoms. The molecule has 1 saturated heterocycles. The van der Waals surface area contributed by atoms with E-state index in [0.717, 1.165) is 23.4 Å². The van der Waals surface area contributed by atoms with E-state index >= 15 is 0 Å². The molecular weight excluding hydrogens is 333 g/mol. The van der Waals surface area contributed by atoms with Crippen LogP contribution in [0.1, 0.15) is 19.3 Å². The number of nitrogen functional groups attached to an aromatic ring is 2. The Balaban J connectivity index is 0. The van der Waals surface area contributed by atoms with Gasteiger partial charge in [0.15, 0.2) is 0 Å². The van der Waals surface area contributed by atoms with E-state index in [-0.39, 0.29) is 37.2 Å². The molecule has 0 spiro atoms. The van der Waals surface area contributed by atoms with Crippen LogP contribution in [0.4, 0.5) is 17.2 Å². The summed E-state index contributed by atoms with van der Waals surface area (Å²) in [5.41, 5.74) is 12.7. The number of nitrogens with zero attached hydrogens (tertiary/aromatic N) is 2. The molecule has 1 aromatic heterocycles. The number of nitrogens with two attached hydrogens (primary N) is 2. The number of aromatic nitrogens is 1. The Morgan fingerprint density at radius 1 is 1.19 bits per heavy atom. The van der Waals surface area contributed by atoms with Crippen LogP contribution in [0.25, 0.3) is 0 Å². The van der Waals surface area contributed by atoms with Gasteiger partial charge in [-0.2, -0.15) is 0 Å². The molecule has 0 aromatic carbocycles. The second-order valence-corrected chi connectivity index (χ2v) is 5.48. The number of likely N-dealkylation sites (N-methyl/N-ethyl adjacent to an activating group) is 1. The topological polar surface area (TPSA) is 77.0 Å². The zero-order chi connectivity index (χ0) is 13.0. The monoisotopic (exact) mass is 357 g/mol. The lowest BCUT2D eigenvalue weighted by molar-refractivity contribution is -0.912. The maximum absolute atomic E-state index is 5.86. The fourth-order valence-electron chi connectivity index (χ4n) is 2.59. The van der Waals surface area contributed by atoms with Gasteiger partial charge in [0.25, 0.3) is 0 Å². The van der Waals surface area contributed by atoms with Crippen LogP contribution >= 0.6 is 24.8 Å². The summed E-state index contributed by atoms with van der Waals surface area (Å²) in [5.74, 6) is 0.743. The molecule has 1 aromatic rings. The molecule has 0 atom stereocenters. The van der Waals surface area contributed by atoms with E-state index in [2.05, 4.69) is 17.3 Å². The number of quaternary nitrogens is 1. The van der Waals surface area contributed by atoms with E-state index in [1.807, 2.05) is 0 Å². The first-order valence-corrected chi connectivity index (χ1v) is 6.67. The number of piperidine rings is 1. The molecule has 1 aliphatic rings. The molecule has 1 fully saturated rings. The summed E-state index contributed by atoms with van der Waals surface area (Å²) >= 11 is 0. The Kier molecular flexibility index (Phi) is 11.0. The van der Waals surface area contributed by atoms with Crippen molar-refractivity contribution in [3.05, 3.63) is 12.3 Å². The molecule has 8 heteroatoms. The van der Waals surface area contributed by atoms with Gasteiger partial charge >= 0.3 is 0 Å². The number of hydrogen-bond donors (Lipinski definition) is 3. The van der Waals surface area contributed by atoms with Gasteiger partial charge in [-0.05, 0) is 25.3 Å². The lowest BCUT2D eigenvalue weighted by Crippen LogP contribution is -3.00. The summed E-state index contributed by atoms with van der Waals surface area (Å²) in [5, 5.41) is 3.31. The van der Waals surface area contributed by atoms with E-state index < -0.39 is 0 Å². The minimum Gasteiger partial charge on any atom is -1.00 e. The van der Waals surface area contributed by atoms with Gasteiger partial charge in [0.2, 0.25) is 0 Å². The Hall–Kier alpha value is -0.620. The second-order valence-electron chi connectivity index (χ2n) is 5.48. The summed E-state index contributed by atoms with van der Waals surface area (Å²) in [4.78, 5) is 4.22. The van der Waals surface area contributed by atoms with Crippen LogP contribution in [0.15, 0.2) is 12.3 Å². The van der Waals surface area contributed by atoms with E-state index in [0.29, 0.717) is 11.4 Å². The fourth-order valence-corrected chi connectivity index (χ4v) is 2.59. The van der Waals surface area contributed by atoms with Gasteiger partial charge in [-0.1, -0.05) is 0 Å². The Bertz CT molecular complexity index is 411. The molecule has 0 amide bonds. The first-order valence-electron chi connectivity index (χ1n) is 6.67. The van der Waals surface area contributed by atoms with Crippen molar-refractivity contribution in [3.63, 3.8) is 0 Å².